The van der Waals surface area contributed by atoms with Gasteiger partial charge in [0.1, 0.15) is 11.4 Å². The van der Waals surface area contributed by atoms with Gasteiger partial charge in [-0.2, -0.15) is 0 Å². The molecule has 0 aromatic heterocycles. The van der Waals surface area contributed by atoms with Crippen molar-refractivity contribution in [1.82, 2.24) is 0 Å². The molecule has 0 amide bonds. The fraction of sp³-hybridized carbons (Fsp3) is 0.455. The Balaban J connectivity index is 2.74. The Kier molecular flexibility index (Phi) is 3.52. The number of rotatable bonds is 0. The third kappa shape index (κ3) is 3.65. The second kappa shape index (κ2) is 4.29. The Labute approximate surface area is 91.8 Å². The average Bonchev–Trinajstić information content (AvgIpc) is 2.00. The molecule has 0 heterocycles. The van der Waals surface area contributed by atoms with Gasteiger partial charge in [0, 0.05) is 4.48 Å². The molecular weight excluding hydrogens is 247 g/mol. The zero-order valence-corrected chi connectivity index (χ0v) is 9.73. The fourth-order valence-electron chi connectivity index (χ4n) is 1.03. The van der Waals surface area contributed by atoms with Gasteiger partial charge in [0.2, 0.25) is 0 Å². The lowest BCUT2D eigenvalue weighted by Crippen LogP contribution is -2.15. The minimum atomic E-state index is -1.06. The first-order valence-electron chi connectivity index (χ1n) is 4.36. The predicted molar refractivity (Wildman–Crippen MR) is 58.4 cm³/mol. The highest BCUT2D eigenvalue weighted by Gasteiger charge is 2.16. The quantitative estimate of drug-likeness (QED) is 0.663. The van der Waals surface area contributed by atoms with Crippen LogP contribution in [0.2, 0.25) is 0 Å². The molecule has 76 valence electrons. The second-order valence-electron chi connectivity index (χ2n) is 3.73. The maximum absolute atomic E-state index is 13.3. The first-order valence-corrected chi connectivity index (χ1v) is 5.15. The number of aliphatic hydroxyl groups is 1. The summed E-state index contributed by atoms with van der Waals surface area (Å²) in [6.45, 7) is 3.16. The van der Waals surface area contributed by atoms with Gasteiger partial charge in [-0.3, -0.25) is 0 Å². The van der Waals surface area contributed by atoms with Gasteiger partial charge in [-0.1, -0.05) is 33.8 Å². The number of hydrogen-bond acceptors (Lipinski definition) is 1. The lowest BCUT2D eigenvalue weighted by atomic mass is 9.99. The van der Waals surface area contributed by atoms with Gasteiger partial charge in [-0.05, 0) is 26.3 Å². The molecule has 1 atom stereocenters. The van der Waals surface area contributed by atoms with Crippen molar-refractivity contribution in [2.75, 3.05) is 0 Å². The van der Waals surface area contributed by atoms with E-state index in [0.717, 1.165) is 4.48 Å². The molecule has 14 heavy (non-hydrogen) atoms. The van der Waals surface area contributed by atoms with Crippen molar-refractivity contribution in [3.8, 4) is 11.8 Å². The summed E-state index contributed by atoms with van der Waals surface area (Å²) in [6.07, 6.45) is 3.83. The van der Waals surface area contributed by atoms with Gasteiger partial charge in [-0.25, -0.2) is 4.39 Å². The second-order valence-corrected chi connectivity index (χ2v) is 4.65. The number of hydrogen-bond donors (Lipinski definition) is 1. The van der Waals surface area contributed by atoms with Crippen LogP contribution in [0.4, 0.5) is 4.39 Å². The molecule has 1 aliphatic rings. The van der Waals surface area contributed by atoms with Crippen molar-refractivity contribution in [1.29, 1.82) is 0 Å². The van der Waals surface area contributed by atoms with E-state index in [1.807, 2.05) is 6.08 Å². The maximum atomic E-state index is 13.3. The van der Waals surface area contributed by atoms with Crippen molar-refractivity contribution in [2.24, 2.45) is 5.92 Å². The molecule has 0 fully saturated rings. The molecule has 0 radical (unpaired) electrons. The van der Waals surface area contributed by atoms with Crippen LogP contribution in [-0.4, -0.2) is 10.7 Å². The van der Waals surface area contributed by atoms with Gasteiger partial charge < -0.3 is 5.11 Å². The summed E-state index contributed by atoms with van der Waals surface area (Å²) in [5, 5.41) is 9.35. The number of halogens is 2. The highest BCUT2D eigenvalue weighted by molar-refractivity contribution is 9.11. The third-order valence-corrected chi connectivity index (χ3v) is 2.26. The van der Waals surface area contributed by atoms with Gasteiger partial charge >= 0.3 is 0 Å². The minimum absolute atomic E-state index is 0.254. The van der Waals surface area contributed by atoms with E-state index in [4.69, 9.17) is 0 Å². The van der Waals surface area contributed by atoms with Crippen LogP contribution in [0.3, 0.4) is 0 Å². The summed E-state index contributed by atoms with van der Waals surface area (Å²) < 4.78 is 14.0. The van der Waals surface area contributed by atoms with Crippen LogP contribution >= 0.6 is 15.9 Å². The van der Waals surface area contributed by atoms with Crippen LogP contribution in [0.15, 0.2) is 22.5 Å². The molecule has 0 saturated carbocycles. The molecule has 1 unspecified atom stereocenters. The molecule has 0 bridgehead atoms. The van der Waals surface area contributed by atoms with E-state index in [1.165, 1.54) is 6.08 Å². The van der Waals surface area contributed by atoms with E-state index < -0.39 is 11.5 Å². The molecule has 0 aromatic rings. The van der Waals surface area contributed by atoms with Crippen molar-refractivity contribution in [3.05, 3.63) is 22.5 Å². The van der Waals surface area contributed by atoms with Gasteiger partial charge in [-0.15, -0.1) is 0 Å². The van der Waals surface area contributed by atoms with Crippen LogP contribution in [-0.2, 0) is 0 Å². The molecule has 1 nitrogen and oxygen atoms in total. The van der Waals surface area contributed by atoms with E-state index in [2.05, 4.69) is 27.8 Å². The molecule has 0 spiro atoms. The van der Waals surface area contributed by atoms with E-state index in [1.54, 1.807) is 13.8 Å². The molecule has 1 N–H and O–H groups in total. The van der Waals surface area contributed by atoms with Crippen molar-refractivity contribution < 1.29 is 9.50 Å². The standard InChI is InChI=1S/C11H12BrFO/c1-11(2,14)6-5-8-3-4-9(12)7-10(8)13/h4,7-8,14H,3H2,1-2H3. The van der Waals surface area contributed by atoms with E-state index in [-0.39, 0.29) is 5.83 Å². The summed E-state index contributed by atoms with van der Waals surface area (Å²) in [4.78, 5) is 0. The Hall–Kier alpha value is -0.590. The zero-order chi connectivity index (χ0) is 10.8. The zero-order valence-electron chi connectivity index (χ0n) is 8.14. The monoisotopic (exact) mass is 258 g/mol. The normalized spacial score (nSPS) is 21.9. The van der Waals surface area contributed by atoms with Crippen LogP contribution in [0.1, 0.15) is 20.3 Å². The molecule has 1 rings (SSSR count). The van der Waals surface area contributed by atoms with Crippen LogP contribution < -0.4 is 0 Å². The fourth-order valence-corrected chi connectivity index (χ4v) is 1.43. The molecule has 1 aliphatic carbocycles. The molecular formula is C11H12BrFO. The van der Waals surface area contributed by atoms with Crippen molar-refractivity contribution in [2.45, 2.75) is 25.9 Å². The van der Waals surface area contributed by atoms with Gasteiger partial charge in [0.15, 0.2) is 0 Å². The molecule has 0 aliphatic heterocycles. The Bertz CT molecular complexity index is 339. The smallest absolute Gasteiger partial charge is 0.119 e. The van der Waals surface area contributed by atoms with E-state index in [0.29, 0.717) is 6.42 Å². The number of allylic oxidation sites excluding steroid dienone is 4. The highest BCUT2D eigenvalue weighted by atomic mass is 79.9. The van der Waals surface area contributed by atoms with Crippen LogP contribution in [0.5, 0.6) is 0 Å². The summed E-state index contributed by atoms with van der Waals surface area (Å²) in [7, 11) is 0. The largest absolute Gasteiger partial charge is 0.378 e. The molecule has 0 aromatic carbocycles. The van der Waals surface area contributed by atoms with Gasteiger partial charge in [0.25, 0.3) is 0 Å². The maximum Gasteiger partial charge on any atom is 0.119 e. The lowest BCUT2D eigenvalue weighted by molar-refractivity contribution is 0.143. The summed E-state index contributed by atoms with van der Waals surface area (Å²) >= 11 is 3.19. The van der Waals surface area contributed by atoms with Gasteiger partial charge in [0.05, 0.1) is 5.92 Å². The average molecular weight is 259 g/mol. The Morgan fingerprint density at radius 3 is 2.79 bits per heavy atom. The summed E-state index contributed by atoms with van der Waals surface area (Å²) in [5.41, 5.74) is -1.06. The summed E-state index contributed by atoms with van der Waals surface area (Å²) in [6, 6.07) is 0. The van der Waals surface area contributed by atoms with E-state index in [9.17, 15) is 9.50 Å². The van der Waals surface area contributed by atoms with Crippen molar-refractivity contribution in [3.63, 3.8) is 0 Å². The minimum Gasteiger partial charge on any atom is -0.378 e. The first kappa shape index (κ1) is 11.5. The SMILES string of the molecule is CC(C)(O)C#CC1CC=C(Br)C=C1F. The summed E-state index contributed by atoms with van der Waals surface area (Å²) in [5.74, 6) is 4.67. The topological polar surface area (TPSA) is 20.2 Å². The molecule has 3 heteroatoms. The van der Waals surface area contributed by atoms with E-state index >= 15 is 0 Å². The molecule has 0 saturated heterocycles. The predicted octanol–water partition coefficient (Wildman–Crippen LogP) is 2.91. The Morgan fingerprint density at radius 1 is 1.64 bits per heavy atom. The Morgan fingerprint density at radius 2 is 2.29 bits per heavy atom. The van der Waals surface area contributed by atoms with Crippen LogP contribution in [0, 0.1) is 17.8 Å². The first-order chi connectivity index (χ1) is 6.38. The van der Waals surface area contributed by atoms with Crippen molar-refractivity contribution >= 4 is 15.9 Å². The third-order valence-electron chi connectivity index (χ3n) is 1.71. The lowest BCUT2D eigenvalue weighted by Gasteiger charge is -2.12. The highest BCUT2D eigenvalue weighted by Crippen LogP contribution is 2.27. The van der Waals surface area contributed by atoms with Crippen LogP contribution in [0.25, 0.3) is 0 Å².